The average molecular weight is 498 g/mol. The van der Waals surface area contributed by atoms with Crippen LogP contribution in [0.5, 0.6) is 11.5 Å². The summed E-state index contributed by atoms with van der Waals surface area (Å²) in [6.07, 6.45) is 9.75. The summed E-state index contributed by atoms with van der Waals surface area (Å²) in [4.78, 5) is 20.5. The number of carbonyl (C=O) groups is 1. The zero-order valence-electron chi connectivity index (χ0n) is 22.3. The highest BCUT2D eigenvalue weighted by Crippen LogP contribution is 2.33. The van der Waals surface area contributed by atoms with E-state index in [1.165, 1.54) is 32.1 Å². The van der Waals surface area contributed by atoms with Gasteiger partial charge in [-0.1, -0.05) is 31.7 Å². The second kappa shape index (κ2) is 13.2. The van der Waals surface area contributed by atoms with E-state index in [2.05, 4.69) is 24.1 Å². The molecule has 2 heterocycles. The lowest BCUT2D eigenvalue weighted by molar-refractivity contribution is 0.0881. The normalized spacial score (nSPS) is 19.2. The van der Waals surface area contributed by atoms with E-state index in [0.717, 1.165) is 43.7 Å². The van der Waals surface area contributed by atoms with E-state index >= 15 is 0 Å². The molecule has 1 aliphatic carbocycles. The van der Waals surface area contributed by atoms with Crippen LogP contribution in [0.3, 0.4) is 0 Å². The second-order valence-electron chi connectivity index (χ2n) is 10.5. The summed E-state index contributed by atoms with van der Waals surface area (Å²) in [7, 11) is 1.65. The molecule has 4 rings (SSSR count). The van der Waals surface area contributed by atoms with Gasteiger partial charge >= 0.3 is 0 Å². The zero-order chi connectivity index (χ0) is 25.3. The predicted octanol–water partition coefficient (Wildman–Crippen LogP) is 5.21. The average Bonchev–Trinajstić information content (AvgIpc) is 3.40. The number of para-hydroxylation sites is 1. The Bertz CT molecular complexity index is 990. The fourth-order valence-corrected chi connectivity index (χ4v) is 5.48. The van der Waals surface area contributed by atoms with Crippen molar-refractivity contribution < 1.29 is 19.0 Å². The van der Waals surface area contributed by atoms with Gasteiger partial charge in [0, 0.05) is 37.2 Å². The first kappa shape index (κ1) is 26.7. The fraction of sp³-hybridized carbons (Fsp3) is 0.655. The molecular weight excluding hydrogens is 454 g/mol. The lowest BCUT2D eigenvalue weighted by atomic mass is 10.0. The number of hydrogen-bond acceptors (Lipinski definition) is 6. The van der Waals surface area contributed by atoms with E-state index < -0.39 is 0 Å². The second-order valence-corrected chi connectivity index (χ2v) is 10.5. The maximum absolute atomic E-state index is 13.3. The van der Waals surface area contributed by atoms with Crippen LogP contribution in [0.25, 0.3) is 10.9 Å². The van der Waals surface area contributed by atoms with Gasteiger partial charge in [0.15, 0.2) is 0 Å². The third-order valence-corrected chi connectivity index (χ3v) is 7.55. The Kier molecular flexibility index (Phi) is 9.82. The molecule has 1 N–H and O–H groups in total. The SMILES string of the molecule is COCCOc1cc(C(=O)N[C@@H]2CCCN(C(C)C)C2)nc2c(OCCCC3CCCC3)cccc12. The van der Waals surface area contributed by atoms with E-state index in [9.17, 15) is 4.79 Å². The van der Waals surface area contributed by atoms with Crippen molar-refractivity contribution in [3.05, 3.63) is 30.0 Å². The van der Waals surface area contributed by atoms with Crippen LogP contribution in [-0.4, -0.2) is 67.9 Å². The molecule has 0 bridgehead atoms. The molecule has 2 aliphatic rings. The van der Waals surface area contributed by atoms with Crippen LogP contribution < -0.4 is 14.8 Å². The van der Waals surface area contributed by atoms with Crippen LogP contribution in [0, 0.1) is 5.92 Å². The number of nitrogens with zero attached hydrogens (tertiary/aromatic N) is 2. The Balaban J connectivity index is 1.51. The summed E-state index contributed by atoms with van der Waals surface area (Å²) in [5.41, 5.74) is 1.03. The van der Waals surface area contributed by atoms with Crippen molar-refractivity contribution >= 4 is 16.8 Å². The molecular formula is C29H43N3O4. The minimum Gasteiger partial charge on any atom is -0.491 e. The summed E-state index contributed by atoms with van der Waals surface area (Å²) in [6, 6.07) is 8.21. The third-order valence-electron chi connectivity index (χ3n) is 7.55. The maximum Gasteiger partial charge on any atom is 0.270 e. The van der Waals surface area contributed by atoms with Crippen molar-refractivity contribution in [2.75, 3.05) is 40.0 Å². The predicted molar refractivity (Wildman–Crippen MR) is 143 cm³/mol. The molecule has 1 aromatic carbocycles. The number of methoxy groups -OCH3 is 1. The number of piperidine rings is 1. The smallest absolute Gasteiger partial charge is 0.270 e. The largest absolute Gasteiger partial charge is 0.491 e. The molecule has 36 heavy (non-hydrogen) atoms. The number of aromatic nitrogens is 1. The van der Waals surface area contributed by atoms with Crippen LogP contribution in [0.2, 0.25) is 0 Å². The van der Waals surface area contributed by atoms with E-state index in [-0.39, 0.29) is 11.9 Å². The highest BCUT2D eigenvalue weighted by atomic mass is 16.5. The minimum atomic E-state index is -0.167. The molecule has 2 fully saturated rings. The number of pyridine rings is 1. The van der Waals surface area contributed by atoms with Gasteiger partial charge in [0.05, 0.1) is 13.2 Å². The fourth-order valence-electron chi connectivity index (χ4n) is 5.48. The highest BCUT2D eigenvalue weighted by Gasteiger charge is 2.24. The van der Waals surface area contributed by atoms with Crippen LogP contribution in [0.4, 0.5) is 0 Å². The number of fused-ring (bicyclic) bond motifs is 1. The molecule has 1 saturated heterocycles. The number of hydrogen-bond donors (Lipinski definition) is 1. The number of carbonyl (C=O) groups excluding carboxylic acids is 1. The molecule has 1 atom stereocenters. The Hall–Kier alpha value is -2.38. The van der Waals surface area contributed by atoms with E-state index in [1.807, 2.05) is 18.2 Å². The van der Waals surface area contributed by atoms with Crippen LogP contribution >= 0.6 is 0 Å². The molecule has 1 aliphatic heterocycles. The highest BCUT2D eigenvalue weighted by molar-refractivity contribution is 5.98. The Morgan fingerprint density at radius 2 is 1.89 bits per heavy atom. The number of nitrogens with one attached hydrogen (secondary N) is 1. The van der Waals surface area contributed by atoms with E-state index in [4.69, 9.17) is 19.2 Å². The minimum absolute atomic E-state index is 0.117. The molecule has 0 spiro atoms. The summed E-state index contributed by atoms with van der Waals surface area (Å²) in [5.74, 6) is 2.02. The Morgan fingerprint density at radius 1 is 1.08 bits per heavy atom. The molecule has 7 nitrogen and oxygen atoms in total. The van der Waals surface area contributed by atoms with Crippen molar-refractivity contribution in [2.24, 2.45) is 5.92 Å². The van der Waals surface area contributed by atoms with Gasteiger partial charge in [-0.05, 0) is 64.1 Å². The molecule has 198 valence electrons. The molecule has 2 aromatic rings. The molecule has 0 radical (unpaired) electrons. The first-order valence-corrected chi connectivity index (χ1v) is 13.8. The Morgan fingerprint density at radius 3 is 2.67 bits per heavy atom. The van der Waals surface area contributed by atoms with E-state index in [0.29, 0.717) is 48.6 Å². The number of likely N-dealkylation sites (tertiary alicyclic amines) is 1. The lowest BCUT2D eigenvalue weighted by Crippen LogP contribution is -2.49. The third kappa shape index (κ3) is 7.10. The first-order valence-electron chi connectivity index (χ1n) is 13.8. The van der Waals surface area contributed by atoms with Gasteiger partial charge in [0.25, 0.3) is 5.91 Å². The standard InChI is InChI=1S/C29H43N3O4/c1-21(2)32-15-7-12-23(20-32)30-29(33)25-19-27(36-18-17-34-3)24-13-6-14-26(28(24)31-25)35-16-8-11-22-9-4-5-10-22/h6,13-14,19,21-23H,4-5,7-12,15-18,20H2,1-3H3,(H,30,33)/t23-/m1/s1. The van der Waals surface area contributed by atoms with Gasteiger partial charge in [-0.2, -0.15) is 0 Å². The van der Waals surface area contributed by atoms with Gasteiger partial charge in [0.2, 0.25) is 0 Å². The van der Waals surface area contributed by atoms with E-state index in [1.54, 1.807) is 13.2 Å². The Labute approximate surface area is 215 Å². The van der Waals surface area contributed by atoms with Gasteiger partial charge in [-0.25, -0.2) is 4.98 Å². The van der Waals surface area contributed by atoms with Crippen molar-refractivity contribution in [2.45, 2.75) is 77.3 Å². The molecule has 7 heteroatoms. The van der Waals surface area contributed by atoms with Crippen LogP contribution in [-0.2, 0) is 4.74 Å². The van der Waals surface area contributed by atoms with Crippen molar-refractivity contribution in [1.29, 1.82) is 0 Å². The monoisotopic (exact) mass is 497 g/mol. The molecule has 1 aromatic heterocycles. The number of ether oxygens (including phenoxy) is 3. The summed E-state index contributed by atoms with van der Waals surface area (Å²) >= 11 is 0. The summed E-state index contributed by atoms with van der Waals surface area (Å²) in [6.45, 7) is 7.87. The van der Waals surface area contributed by atoms with Gasteiger partial charge < -0.3 is 19.5 Å². The van der Waals surface area contributed by atoms with Gasteiger partial charge in [0.1, 0.15) is 29.3 Å². The van der Waals surface area contributed by atoms with Crippen LogP contribution in [0.1, 0.15) is 75.7 Å². The quantitative estimate of drug-likeness (QED) is 0.406. The van der Waals surface area contributed by atoms with Crippen molar-refractivity contribution in [3.63, 3.8) is 0 Å². The van der Waals surface area contributed by atoms with Gasteiger partial charge in [-0.3, -0.25) is 9.69 Å². The number of amides is 1. The molecule has 1 saturated carbocycles. The lowest BCUT2D eigenvalue weighted by Gasteiger charge is -2.35. The number of benzene rings is 1. The van der Waals surface area contributed by atoms with Crippen LogP contribution in [0.15, 0.2) is 24.3 Å². The zero-order valence-corrected chi connectivity index (χ0v) is 22.3. The molecule has 0 unspecified atom stereocenters. The van der Waals surface area contributed by atoms with Gasteiger partial charge in [-0.15, -0.1) is 0 Å². The first-order chi connectivity index (χ1) is 17.5. The van der Waals surface area contributed by atoms with Crippen molar-refractivity contribution in [1.82, 2.24) is 15.2 Å². The number of rotatable bonds is 12. The maximum atomic E-state index is 13.3. The summed E-state index contributed by atoms with van der Waals surface area (Å²) in [5, 5.41) is 4.06. The van der Waals surface area contributed by atoms with Crippen molar-refractivity contribution in [3.8, 4) is 11.5 Å². The summed E-state index contributed by atoms with van der Waals surface area (Å²) < 4.78 is 17.4. The molecule has 1 amide bonds. The topological polar surface area (TPSA) is 72.9 Å².